The molecular formula is C20H28F3N3O3S. The second-order valence-corrected chi connectivity index (χ2v) is 9.83. The van der Waals surface area contributed by atoms with Crippen LogP contribution in [0.1, 0.15) is 37.7 Å². The maximum atomic E-state index is 12.7. The van der Waals surface area contributed by atoms with Crippen molar-refractivity contribution in [2.75, 3.05) is 39.3 Å². The fraction of sp³-hybridized carbons (Fsp3) is 0.650. The van der Waals surface area contributed by atoms with Crippen LogP contribution in [0.5, 0.6) is 0 Å². The summed E-state index contributed by atoms with van der Waals surface area (Å²) in [5, 5.41) is 2.94. The van der Waals surface area contributed by atoms with Gasteiger partial charge in [-0.25, -0.2) is 8.42 Å². The quantitative estimate of drug-likeness (QED) is 0.653. The van der Waals surface area contributed by atoms with Crippen molar-refractivity contribution in [3.8, 4) is 0 Å². The van der Waals surface area contributed by atoms with Crippen molar-refractivity contribution >= 4 is 15.9 Å². The van der Waals surface area contributed by atoms with Gasteiger partial charge in [-0.05, 0) is 76.0 Å². The van der Waals surface area contributed by atoms with Crippen LogP contribution < -0.4 is 5.32 Å². The zero-order chi connectivity index (χ0) is 21.8. The highest BCUT2D eigenvalue weighted by Gasteiger charge is 2.34. The average Bonchev–Trinajstić information content (AvgIpc) is 3.24. The summed E-state index contributed by atoms with van der Waals surface area (Å²) in [5.74, 6) is -0.293. The minimum atomic E-state index is -4.51. The molecule has 0 aromatic heterocycles. The molecule has 6 nitrogen and oxygen atoms in total. The first kappa shape index (κ1) is 23.0. The summed E-state index contributed by atoms with van der Waals surface area (Å²) in [6.45, 7) is 4.19. The minimum absolute atomic E-state index is 0.0528. The van der Waals surface area contributed by atoms with Crippen molar-refractivity contribution < 1.29 is 26.4 Å². The van der Waals surface area contributed by atoms with Gasteiger partial charge in [0.15, 0.2) is 0 Å². The third-order valence-electron chi connectivity index (χ3n) is 5.79. The number of piperidine rings is 1. The summed E-state index contributed by atoms with van der Waals surface area (Å²) >= 11 is 0. The number of rotatable bonds is 7. The van der Waals surface area contributed by atoms with Gasteiger partial charge in [0.25, 0.3) is 0 Å². The number of hydrogen-bond acceptors (Lipinski definition) is 4. The zero-order valence-electron chi connectivity index (χ0n) is 16.8. The second kappa shape index (κ2) is 9.65. The number of sulfonamides is 1. The summed E-state index contributed by atoms with van der Waals surface area (Å²) in [4.78, 5) is 14.6. The molecule has 3 rings (SSSR count). The first-order valence-corrected chi connectivity index (χ1v) is 11.8. The Kier molecular flexibility index (Phi) is 7.41. The molecule has 1 N–H and O–H groups in total. The Morgan fingerprint density at radius 3 is 2.20 bits per heavy atom. The smallest absolute Gasteiger partial charge is 0.356 e. The third kappa shape index (κ3) is 5.73. The highest BCUT2D eigenvalue weighted by atomic mass is 32.2. The van der Waals surface area contributed by atoms with E-state index in [9.17, 15) is 26.4 Å². The highest BCUT2D eigenvalue weighted by molar-refractivity contribution is 7.89. The molecule has 0 saturated carbocycles. The van der Waals surface area contributed by atoms with Crippen molar-refractivity contribution in [1.29, 1.82) is 0 Å². The van der Waals surface area contributed by atoms with Crippen LogP contribution in [0.3, 0.4) is 0 Å². The minimum Gasteiger partial charge on any atom is -0.356 e. The van der Waals surface area contributed by atoms with Crippen molar-refractivity contribution in [2.24, 2.45) is 5.92 Å². The SMILES string of the molecule is O=C(NCCCN1CCCC1)C1CCN(S(=O)(=O)c2ccc(C(F)(F)F)cc2)CC1. The van der Waals surface area contributed by atoms with Crippen molar-refractivity contribution in [1.82, 2.24) is 14.5 Å². The molecule has 0 bridgehead atoms. The van der Waals surface area contributed by atoms with Crippen LogP contribution in [0.15, 0.2) is 29.2 Å². The molecule has 2 aliphatic heterocycles. The van der Waals surface area contributed by atoms with E-state index in [0.29, 0.717) is 19.4 Å². The van der Waals surface area contributed by atoms with Gasteiger partial charge in [-0.3, -0.25) is 4.79 Å². The van der Waals surface area contributed by atoms with Gasteiger partial charge in [0.1, 0.15) is 0 Å². The third-order valence-corrected chi connectivity index (χ3v) is 7.71. The molecule has 2 heterocycles. The molecule has 0 spiro atoms. The predicted octanol–water partition coefficient (Wildman–Crippen LogP) is 2.71. The van der Waals surface area contributed by atoms with Gasteiger partial charge < -0.3 is 10.2 Å². The normalized spacial score (nSPS) is 19.8. The Morgan fingerprint density at radius 1 is 1.03 bits per heavy atom. The molecule has 1 aromatic rings. The molecule has 2 saturated heterocycles. The molecule has 30 heavy (non-hydrogen) atoms. The monoisotopic (exact) mass is 447 g/mol. The molecule has 0 aliphatic carbocycles. The number of alkyl halides is 3. The van der Waals surface area contributed by atoms with E-state index in [1.165, 1.54) is 17.1 Å². The second-order valence-electron chi connectivity index (χ2n) is 7.89. The van der Waals surface area contributed by atoms with Crippen LogP contribution in [0.2, 0.25) is 0 Å². The Labute approximate surface area is 175 Å². The Morgan fingerprint density at radius 2 is 1.63 bits per heavy atom. The van der Waals surface area contributed by atoms with Gasteiger partial charge in [0.05, 0.1) is 10.5 Å². The van der Waals surface area contributed by atoms with Gasteiger partial charge >= 0.3 is 6.18 Å². The van der Waals surface area contributed by atoms with E-state index in [4.69, 9.17) is 0 Å². The number of amides is 1. The van der Waals surface area contributed by atoms with Crippen LogP contribution in [0, 0.1) is 5.92 Å². The van der Waals surface area contributed by atoms with E-state index < -0.39 is 21.8 Å². The van der Waals surface area contributed by atoms with Gasteiger partial charge in [-0.15, -0.1) is 0 Å². The molecule has 0 unspecified atom stereocenters. The predicted molar refractivity (Wildman–Crippen MR) is 106 cm³/mol. The van der Waals surface area contributed by atoms with Crippen LogP contribution in [-0.4, -0.2) is 62.8 Å². The van der Waals surface area contributed by atoms with Crippen LogP contribution >= 0.6 is 0 Å². The number of hydrogen-bond donors (Lipinski definition) is 1. The fourth-order valence-corrected chi connectivity index (χ4v) is 5.46. The summed E-state index contributed by atoms with van der Waals surface area (Å²) in [6.07, 6.45) is -0.342. The summed E-state index contributed by atoms with van der Waals surface area (Å²) in [5.41, 5.74) is -0.887. The lowest BCUT2D eigenvalue weighted by Crippen LogP contribution is -2.43. The molecule has 1 aromatic carbocycles. The molecular weight excluding hydrogens is 419 g/mol. The average molecular weight is 448 g/mol. The van der Waals surface area contributed by atoms with Crippen molar-refractivity contribution in [3.63, 3.8) is 0 Å². The number of nitrogens with one attached hydrogen (secondary N) is 1. The molecule has 1 amide bonds. The molecule has 2 aliphatic rings. The van der Waals surface area contributed by atoms with E-state index in [0.717, 1.165) is 50.3 Å². The number of halogens is 3. The number of carbonyl (C=O) groups excluding carboxylic acids is 1. The van der Waals surface area contributed by atoms with Crippen LogP contribution in [0.4, 0.5) is 13.2 Å². The van der Waals surface area contributed by atoms with Crippen molar-refractivity contribution in [3.05, 3.63) is 29.8 Å². The topological polar surface area (TPSA) is 69.7 Å². The Hall–Kier alpha value is -1.65. The van der Waals surface area contributed by atoms with Crippen molar-refractivity contribution in [2.45, 2.75) is 43.2 Å². The first-order chi connectivity index (χ1) is 14.2. The molecule has 0 radical (unpaired) electrons. The zero-order valence-corrected chi connectivity index (χ0v) is 17.6. The van der Waals surface area contributed by atoms with Gasteiger partial charge in [0.2, 0.25) is 15.9 Å². The van der Waals surface area contributed by atoms with E-state index in [-0.39, 0.29) is 29.8 Å². The van der Waals surface area contributed by atoms with Gasteiger partial charge in [0, 0.05) is 25.6 Å². The number of likely N-dealkylation sites (tertiary alicyclic amines) is 1. The number of nitrogens with zero attached hydrogens (tertiary/aromatic N) is 2. The van der Waals surface area contributed by atoms with Crippen LogP contribution in [0.25, 0.3) is 0 Å². The molecule has 10 heteroatoms. The van der Waals surface area contributed by atoms with Crippen LogP contribution in [-0.2, 0) is 21.0 Å². The standard InChI is InChI=1S/C20H28F3N3O3S/c21-20(22,23)17-4-6-18(7-5-17)30(28,29)26-14-8-16(9-15-26)19(27)24-10-3-13-25-11-1-2-12-25/h4-7,16H,1-3,8-15H2,(H,24,27). The summed E-state index contributed by atoms with van der Waals surface area (Å²) < 4.78 is 64.7. The largest absolute Gasteiger partial charge is 0.416 e. The lowest BCUT2D eigenvalue weighted by atomic mass is 9.97. The van der Waals surface area contributed by atoms with E-state index in [1.807, 2.05) is 0 Å². The number of benzene rings is 1. The lowest BCUT2D eigenvalue weighted by molar-refractivity contribution is -0.137. The summed E-state index contributed by atoms with van der Waals surface area (Å²) in [6, 6.07) is 3.51. The van der Waals surface area contributed by atoms with Gasteiger partial charge in [-0.2, -0.15) is 17.5 Å². The maximum absolute atomic E-state index is 12.7. The molecule has 0 atom stereocenters. The summed E-state index contributed by atoms with van der Waals surface area (Å²) in [7, 11) is -3.88. The van der Waals surface area contributed by atoms with E-state index >= 15 is 0 Å². The van der Waals surface area contributed by atoms with Gasteiger partial charge in [-0.1, -0.05) is 0 Å². The molecule has 168 valence electrons. The Bertz CT molecular complexity index is 814. The highest BCUT2D eigenvalue weighted by Crippen LogP contribution is 2.31. The number of carbonyl (C=O) groups is 1. The lowest BCUT2D eigenvalue weighted by Gasteiger charge is -2.30. The molecule has 2 fully saturated rings. The Balaban J connectivity index is 1.46. The fourth-order valence-electron chi connectivity index (χ4n) is 3.99. The maximum Gasteiger partial charge on any atom is 0.416 e. The van der Waals surface area contributed by atoms with E-state index in [1.54, 1.807) is 0 Å². The first-order valence-electron chi connectivity index (χ1n) is 10.4. The van der Waals surface area contributed by atoms with E-state index in [2.05, 4.69) is 10.2 Å².